The summed E-state index contributed by atoms with van der Waals surface area (Å²) in [4.78, 5) is 3.14. The second-order valence-electron chi connectivity index (χ2n) is 4.57. The van der Waals surface area contributed by atoms with E-state index in [1.54, 1.807) is 0 Å². The number of anilines is 1. The molecule has 1 N–H and O–H groups in total. The van der Waals surface area contributed by atoms with E-state index in [1.165, 1.54) is 12.1 Å². The van der Waals surface area contributed by atoms with Gasteiger partial charge < -0.3 is 10.1 Å². The molecule has 0 fully saturated rings. The Balaban J connectivity index is 0.00000312. The van der Waals surface area contributed by atoms with Crippen LogP contribution < -0.4 is 10.1 Å². The Labute approximate surface area is 143 Å². The minimum absolute atomic E-state index is 0. The molecule has 0 spiro atoms. The molecule has 11 heteroatoms. The van der Waals surface area contributed by atoms with Crippen LogP contribution in [0.4, 0.5) is 36.6 Å². The van der Waals surface area contributed by atoms with Crippen molar-refractivity contribution in [3.8, 4) is 5.75 Å². The van der Waals surface area contributed by atoms with E-state index < -0.39 is 29.8 Å². The number of hydrogen-bond donors (Lipinski definition) is 1. The van der Waals surface area contributed by atoms with Crippen LogP contribution in [0.3, 0.4) is 0 Å². The molecule has 0 bridgehead atoms. The number of pyridine rings is 1. The second kappa shape index (κ2) is 7.77. The molecule has 2 rings (SSSR count). The van der Waals surface area contributed by atoms with E-state index in [9.17, 15) is 30.7 Å². The van der Waals surface area contributed by atoms with E-state index in [1.807, 2.05) is 0 Å². The summed E-state index contributed by atoms with van der Waals surface area (Å²) in [6, 6.07) is 6.35. The minimum Gasteiger partial charge on any atom is -0.406 e. The summed E-state index contributed by atoms with van der Waals surface area (Å²) in [5.74, 6) is -2.15. The zero-order valence-corrected chi connectivity index (χ0v) is 12.9. The first-order valence-corrected chi connectivity index (χ1v) is 6.37. The number of alkyl halides is 6. The Hall–Kier alpha value is -2.23. The van der Waals surface area contributed by atoms with Crippen molar-refractivity contribution in [2.45, 2.75) is 19.1 Å². The number of benzene rings is 1. The quantitative estimate of drug-likeness (QED) is 0.731. The molecule has 0 amide bonds. The standard InChI is InChI=1S/C14H9F7N2O.ClH/c15-10-5-6-11(23-12(10)13(16,17)18)22-7-8-1-3-9(4-2-8)24-14(19,20)21;/h1-6H,7H2,(H,22,23);1H. The largest absolute Gasteiger partial charge is 0.573 e. The third kappa shape index (κ3) is 6.29. The molecule has 2 aromatic rings. The first kappa shape index (κ1) is 20.8. The maximum absolute atomic E-state index is 13.1. The van der Waals surface area contributed by atoms with E-state index in [0.29, 0.717) is 11.6 Å². The Bertz CT molecular complexity index is 702. The molecule has 138 valence electrons. The van der Waals surface area contributed by atoms with Crippen molar-refractivity contribution in [3.05, 3.63) is 53.5 Å². The molecule has 0 aliphatic heterocycles. The van der Waals surface area contributed by atoms with Crippen LogP contribution in [-0.2, 0) is 12.7 Å². The van der Waals surface area contributed by atoms with Crippen LogP contribution in [-0.4, -0.2) is 11.3 Å². The molecule has 0 saturated heterocycles. The molecular weight excluding hydrogens is 381 g/mol. The topological polar surface area (TPSA) is 34.1 Å². The summed E-state index contributed by atoms with van der Waals surface area (Å²) in [5.41, 5.74) is -1.19. The van der Waals surface area contributed by atoms with Crippen molar-refractivity contribution in [3.63, 3.8) is 0 Å². The van der Waals surface area contributed by atoms with Crippen molar-refractivity contribution in [2.75, 3.05) is 5.32 Å². The van der Waals surface area contributed by atoms with Gasteiger partial charge >= 0.3 is 12.5 Å². The summed E-state index contributed by atoms with van der Waals surface area (Å²) >= 11 is 0. The molecule has 0 aliphatic carbocycles. The Morgan fingerprint density at radius 3 is 2.04 bits per heavy atom. The summed E-state index contributed by atoms with van der Waals surface area (Å²) in [6.07, 6.45) is -9.75. The van der Waals surface area contributed by atoms with Crippen molar-refractivity contribution < 1.29 is 35.5 Å². The van der Waals surface area contributed by atoms with Gasteiger partial charge in [-0.1, -0.05) is 12.1 Å². The van der Waals surface area contributed by atoms with Crippen LogP contribution in [0.2, 0.25) is 0 Å². The zero-order chi connectivity index (χ0) is 18.0. The molecule has 0 saturated carbocycles. The molecule has 0 radical (unpaired) electrons. The van der Waals surface area contributed by atoms with E-state index in [-0.39, 0.29) is 24.8 Å². The fourth-order valence-corrected chi connectivity index (χ4v) is 1.74. The van der Waals surface area contributed by atoms with E-state index >= 15 is 0 Å². The maximum atomic E-state index is 13.1. The normalized spacial score (nSPS) is 11.6. The highest BCUT2D eigenvalue weighted by Gasteiger charge is 2.36. The van der Waals surface area contributed by atoms with Gasteiger partial charge in [-0.2, -0.15) is 13.2 Å². The fraction of sp³-hybridized carbons (Fsp3) is 0.214. The van der Waals surface area contributed by atoms with Gasteiger partial charge in [-0.05, 0) is 29.8 Å². The molecule has 1 aromatic heterocycles. The predicted octanol–water partition coefficient (Wildman–Crippen LogP) is 5.17. The number of nitrogens with one attached hydrogen (secondary N) is 1. The number of hydrogen-bond acceptors (Lipinski definition) is 3. The van der Waals surface area contributed by atoms with Crippen LogP contribution in [0.25, 0.3) is 0 Å². The van der Waals surface area contributed by atoms with Gasteiger partial charge in [-0.25, -0.2) is 9.37 Å². The van der Waals surface area contributed by atoms with Crippen molar-refractivity contribution in [2.24, 2.45) is 0 Å². The van der Waals surface area contributed by atoms with Gasteiger partial charge in [0, 0.05) is 6.54 Å². The Morgan fingerprint density at radius 1 is 0.920 bits per heavy atom. The third-order valence-electron chi connectivity index (χ3n) is 2.75. The minimum atomic E-state index is -4.93. The highest BCUT2D eigenvalue weighted by Crippen LogP contribution is 2.30. The van der Waals surface area contributed by atoms with Crippen molar-refractivity contribution >= 4 is 18.2 Å². The summed E-state index contributed by atoms with van der Waals surface area (Å²) in [7, 11) is 0. The summed E-state index contributed by atoms with van der Waals surface area (Å²) in [5, 5.41) is 2.53. The predicted molar refractivity (Wildman–Crippen MR) is 76.9 cm³/mol. The summed E-state index contributed by atoms with van der Waals surface area (Å²) < 4.78 is 90.4. The molecular formula is C14H10ClF7N2O. The first-order chi connectivity index (χ1) is 11.0. The summed E-state index contributed by atoms with van der Waals surface area (Å²) in [6.45, 7) is -0.0256. The third-order valence-corrected chi connectivity index (χ3v) is 2.75. The van der Waals surface area contributed by atoms with Gasteiger partial charge in [0.15, 0.2) is 11.5 Å². The lowest BCUT2D eigenvalue weighted by molar-refractivity contribution is -0.274. The van der Waals surface area contributed by atoms with Gasteiger partial charge in [0.1, 0.15) is 11.6 Å². The zero-order valence-electron chi connectivity index (χ0n) is 12.1. The molecule has 1 aromatic carbocycles. The van der Waals surface area contributed by atoms with E-state index in [0.717, 1.165) is 18.2 Å². The average Bonchev–Trinajstić information content (AvgIpc) is 2.45. The van der Waals surface area contributed by atoms with Crippen LogP contribution >= 0.6 is 12.4 Å². The van der Waals surface area contributed by atoms with Crippen LogP contribution in [0.15, 0.2) is 36.4 Å². The highest BCUT2D eigenvalue weighted by atomic mass is 35.5. The highest BCUT2D eigenvalue weighted by molar-refractivity contribution is 5.85. The molecule has 0 aliphatic rings. The van der Waals surface area contributed by atoms with Crippen LogP contribution in [0, 0.1) is 5.82 Å². The lowest BCUT2D eigenvalue weighted by atomic mass is 10.2. The van der Waals surface area contributed by atoms with Gasteiger partial charge in [0.05, 0.1) is 0 Å². The number of halogens is 8. The smallest absolute Gasteiger partial charge is 0.406 e. The molecule has 0 unspecified atom stereocenters. The monoisotopic (exact) mass is 390 g/mol. The average molecular weight is 391 g/mol. The molecule has 3 nitrogen and oxygen atoms in total. The number of nitrogens with zero attached hydrogens (tertiary/aromatic N) is 1. The number of aromatic nitrogens is 1. The van der Waals surface area contributed by atoms with Gasteiger partial charge in [0.25, 0.3) is 0 Å². The Morgan fingerprint density at radius 2 is 1.52 bits per heavy atom. The van der Waals surface area contributed by atoms with Crippen molar-refractivity contribution in [1.29, 1.82) is 0 Å². The lowest BCUT2D eigenvalue weighted by Gasteiger charge is -2.11. The first-order valence-electron chi connectivity index (χ1n) is 6.37. The second-order valence-corrected chi connectivity index (χ2v) is 4.57. The maximum Gasteiger partial charge on any atom is 0.573 e. The van der Waals surface area contributed by atoms with Gasteiger partial charge in [-0.3, -0.25) is 0 Å². The lowest BCUT2D eigenvalue weighted by Crippen LogP contribution is -2.17. The van der Waals surface area contributed by atoms with Gasteiger partial charge in [-0.15, -0.1) is 25.6 Å². The van der Waals surface area contributed by atoms with E-state index in [4.69, 9.17) is 0 Å². The van der Waals surface area contributed by atoms with Crippen molar-refractivity contribution in [1.82, 2.24) is 4.98 Å². The fourth-order valence-electron chi connectivity index (χ4n) is 1.74. The Kier molecular flexibility index (Phi) is 6.47. The van der Waals surface area contributed by atoms with Crippen LogP contribution in [0.5, 0.6) is 5.75 Å². The SMILES string of the molecule is Cl.Fc1ccc(NCc2ccc(OC(F)(F)F)cc2)nc1C(F)(F)F. The number of ether oxygens (including phenoxy) is 1. The number of rotatable bonds is 4. The van der Waals surface area contributed by atoms with E-state index in [2.05, 4.69) is 15.0 Å². The van der Waals surface area contributed by atoms with Gasteiger partial charge in [0.2, 0.25) is 0 Å². The molecule has 1 heterocycles. The molecule has 0 atom stereocenters. The van der Waals surface area contributed by atoms with Crippen LogP contribution in [0.1, 0.15) is 11.3 Å². The molecule has 25 heavy (non-hydrogen) atoms.